The van der Waals surface area contributed by atoms with E-state index in [9.17, 15) is 14.7 Å². The van der Waals surface area contributed by atoms with Gasteiger partial charge in [0.05, 0.1) is 6.61 Å². The molecule has 2 unspecified atom stereocenters. The van der Waals surface area contributed by atoms with Gasteiger partial charge in [0, 0.05) is 29.7 Å². The number of halogens is 1. The van der Waals surface area contributed by atoms with E-state index in [1.807, 2.05) is 6.92 Å². The van der Waals surface area contributed by atoms with Crippen molar-refractivity contribution in [3.63, 3.8) is 0 Å². The quantitative estimate of drug-likeness (QED) is 0.841. The SMILES string of the molecule is CCn1cc(Br)cc1C(=O)NC(C(=O)O)C1CCCOC1. The third-order valence-electron chi connectivity index (χ3n) is 3.66. The smallest absolute Gasteiger partial charge is 0.326 e. The summed E-state index contributed by atoms with van der Waals surface area (Å²) >= 11 is 3.33. The summed E-state index contributed by atoms with van der Waals surface area (Å²) in [4.78, 5) is 23.8. The van der Waals surface area contributed by atoms with Gasteiger partial charge in [0.2, 0.25) is 0 Å². The molecular weight excluding hydrogens is 340 g/mol. The number of carbonyl (C=O) groups is 2. The number of carboxylic acid groups (broad SMARTS) is 1. The fourth-order valence-corrected chi connectivity index (χ4v) is 3.02. The number of aliphatic carboxylic acids is 1. The molecule has 0 spiro atoms. The number of carboxylic acids is 1. The molecule has 7 heteroatoms. The van der Waals surface area contributed by atoms with Gasteiger partial charge in [0.15, 0.2) is 0 Å². The number of nitrogens with one attached hydrogen (secondary N) is 1. The van der Waals surface area contributed by atoms with Crippen molar-refractivity contribution in [3.8, 4) is 0 Å². The van der Waals surface area contributed by atoms with Crippen molar-refractivity contribution in [1.29, 1.82) is 0 Å². The van der Waals surface area contributed by atoms with E-state index in [-0.39, 0.29) is 11.8 Å². The zero-order valence-corrected chi connectivity index (χ0v) is 13.4. The van der Waals surface area contributed by atoms with Crippen LogP contribution in [0.25, 0.3) is 0 Å². The van der Waals surface area contributed by atoms with Crippen LogP contribution in [0.1, 0.15) is 30.3 Å². The number of aryl methyl sites for hydroxylation is 1. The maximum atomic E-state index is 12.3. The van der Waals surface area contributed by atoms with E-state index in [0.717, 1.165) is 17.3 Å². The van der Waals surface area contributed by atoms with Crippen LogP contribution in [0.3, 0.4) is 0 Å². The van der Waals surface area contributed by atoms with Gasteiger partial charge in [-0.25, -0.2) is 4.79 Å². The number of hydrogen-bond acceptors (Lipinski definition) is 3. The van der Waals surface area contributed by atoms with E-state index in [2.05, 4.69) is 21.2 Å². The molecule has 0 aromatic carbocycles. The lowest BCUT2D eigenvalue weighted by Gasteiger charge is -2.28. The molecule has 0 bridgehead atoms. The Labute approximate surface area is 131 Å². The van der Waals surface area contributed by atoms with E-state index in [1.54, 1.807) is 16.8 Å². The highest BCUT2D eigenvalue weighted by molar-refractivity contribution is 9.10. The lowest BCUT2D eigenvalue weighted by molar-refractivity contribution is -0.142. The molecule has 0 saturated carbocycles. The molecule has 2 N–H and O–H groups in total. The molecule has 2 heterocycles. The van der Waals surface area contributed by atoms with Crippen LogP contribution in [0.5, 0.6) is 0 Å². The first-order valence-electron chi connectivity index (χ1n) is 7.00. The molecule has 1 fully saturated rings. The second-order valence-corrected chi connectivity index (χ2v) is 6.01. The molecule has 2 rings (SSSR count). The second kappa shape index (κ2) is 7.09. The fourth-order valence-electron chi connectivity index (χ4n) is 2.55. The number of rotatable bonds is 5. The van der Waals surface area contributed by atoms with Crippen LogP contribution in [0.15, 0.2) is 16.7 Å². The highest BCUT2D eigenvalue weighted by Gasteiger charge is 2.32. The van der Waals surface area contributed by atoms with Crippen molar-refractivity contribution in [2.24, 2.45) is 5.92 Å². The Balaban J connectivity index is 2.12. The lowest BCUT2D eigenvalue weighted by atomic mass is 9.93. The molecule has 1 saturated heterocycles. The first kappa shape index (κ1) is 16.0. The van der Waals surface area contributed by atoms with Crippen LogP contribution in [0, 0.1) is 5.92 Å². The summed E-state index contributed by atoms with van der Waals surface area (Å²) in [5.74, 6) is -1.58. The van der Waals surface area contributed by atoms with Crippen LogP contribution in [-0.2, 0) is 16.1 Å². The van der Waals surface area contributed by atoms with E-state index >= 15 is 0 Å². The van der Waals surface area contributed by atoms with Crippen LogP contribution >= 0.6 is 15.9 Å². The predicted molar refractivity (Wildman–Crippen MR) is 80.2 cm³/mol. The summed E-state index contributed by atoms with van der Waals surface area (Å²) < 4.78 is 7.89. The Morgan fingerprint density at radius 3 is 2.95 bits per heavy atom. The lowest BCUT2D eigenvalue weighted by Crippen LogP contribution is -2.48. The molecule has 6 nitrogen and oxygen atoms in total. The number of nitrogens with zero attached hydrogens (tertiary/aromatic N) is 1. The zero-order valence-electron chi connectivity index (χ0n) is 11.8. The van der Waals surface area contributed by atoms with Crippen LogP contribution in [-0.4, -0.2) is 40.8 Å². The van der Waals surface area contributed by atoms with E-state index in [0.29, 0.717) is 25.5 Å². The maximum absolute atomic E-state index is 12.3. The predicted octanol–water partition coefficient (Wildman–Crippen LogP) is 1.88. The number of ether oxygens (including phenoxy) is 1. The molecule has 1 amide bonds. The normalized spacial score (nSPS) is 20.0. The first-order chi connectivity index (χ1) is 10.0. The van der Waals surface area contributed by atoms with Crippen molar-refractivity contribution in [2.75, 3.05) is 13.2 Å². The third kappa shape index (κ3) is 3.85. The highest BCUT2D eigenvalue weighted by Crippen LogP contribution is 2.19. The van der Waals surface area contributed by atoms with E-state index in [1.165, 1.54) is 0 Å². The molecule has 116 valence electrons. The van der Waals surface area contributed by atoms with Gasteiger partial charge < -0.3 is 19.7 Å². The Kier molecular flexibility index (Phi) is 5.41. The monoisotopic (exact) mass is 358 g/mol. The van der Waals surface area contributed by atoms with Crippen molar-refractivity contribution < 1.29 is 19.4 Å². The number of aromatic nitrogens is 1. The van der Waals surface area contributed by atoms with Crippen LogP contribution in [0.4, 0.5) is 0 Å². The Hall–Kier alpha value is -1.34. The summed E-state index contributed by atoms with van der Waals surface area (Å²) in [5.41, 5.74) is 0.451. The Morgan fingerprint density at radius 2 is 2.38 bits per heavy atom. The highest BCUT2D eigenvalue weighted by atomic mass is 79.9. The standard InChI is InChI=1S/C14H19BrN2O4/c1-2-17-7-10(15)6-11(17)13(18)16-12(14(19)20)9-4-3-5-21-8-9/h6-7,9,12H,2-5,8H2,1H3,(H,16,18)(H,19,20). The van der Waals surface area contributed by atoms with Crippen molar-refractivity contribution in [1.82, 2.24) is 9.88 Å². The Bertz CT molecular complexity index is 523. The van der Waals surface area contributed by atoms with Gasteiger partial charge in [0.25, 0.3) is 5.91 Å². The molecule has 0 radical (unpaired) electrons. The van der Waals surface area contributed by atoms with Gasteiger partial charge in [-0.05, 0) is 41.8 Å². The zero-order chi connectivity index (χ0) is 15.4. The van der Waals surface area contributed by atoms with E-state index < -0.39 is 12.0 Å². The Morgan fingerprint density at radius 1 is 1.62 bits per heavy atom. The van der Waals surface area contributed by atoms with Crippen molar-refractivity contribution >= 4 is 27.8 Å². The molecule has 21 heavy (non-hydrogen) atoms. The third-order valence-corrected chi connectivity index (χ3v) is 4.09. The van der Waals surface area contributed by atoms with Gasteiger partial charge in [-0.3, -0.25) is 4.79 Å². The molecule has 1 aliphatic heterocycles. The number of hydrogen-bond donors (Lipinski definition) is 2. The molecule has 1 aromatic rings. The maximum Gasteiger partial charge on any atom is 0.326 e. The van der Waals surface area contributed by atoms with Crippen molar-refractivity contribution in [3.05, 3.63) is 22.4 Å². The number of carbonyl (C=O) groups excluding carboxylic acids is 1. The van der Waals surface area contributed by atoms with E-state index in [4.69, 9.17) is 4.74 Å². The molecule has 1 aromatic heterocycles. The summed E-state index contributed by atoms with van der Waals surface area (Å²) in [7, 11) is 0. The molecular formula is C14H19BrN2O4. The minimum Gasteiger partial charge on any atom is -0.480 e. The van der Waals surface area contributed by atoms with Crippen LogP contribution < -0.4 is 5.32 Å². The van der Waals surface area contributed by atoms with Gasteiger partial charge in [0.1, 0.15) is 11.7 Å². The summed E-state index contributed by atoms with van der Waals surface area (Å²) in [6, 6.07) is 0.770. The number of amides is 1. The largest absolute Gasteiger partial charge is 0.480 e. The minimum atomic E-state index is -1.02. The van der Waals surface area contributed by atoms with Crippen molar-refractivity contribution in [2.45, 2.75) is 32.4 Å². The average molecular weight is 359 g/mol. The van der Waals surface area contributed by atoms with Gasteiger partial charge in [-0.2, -0.15) is 0 Å². The minimum absolute atomic E-state index is 0.186. The summed E-state index contributed by atoms with van der Waals surface area (Å²) in [6.45, 7) is 3.59. The second-order valence-electron chi connectivity index (χ2n) is 5.10. The first-order valence-corrected chi connectivity index (χ1v) is 7.79. The molecule has 1 aliphatic rings. The molecule has 0 aliphatic carbocycles. The summed E-state index contributed by atoms with van der Waals surface area (Å²) in [5, 5.41) is 12.0. The van der Waals surface area contributed by atoms with Gasteiger partial charge >= 0.3 is 5.97 Å². The fraction of sp³-hybridized carbons (Fsp3) is 0.571. The molecule has 2 atom stereocenters. The van der Waals surface area contributed by atoms with Gasteiger partial charge in [-0.1, -0.05) is 0 Å². The average Bonchev–Trinajstić information content (AvgIpc) is 2.86. The van der Waals surface area contributed by atoms with Gasteiger partial charge in [-0.15, -0.1) is 0 Å². The topological polar surface area (TPSA) is 80.6 Å². The van der Waals surface area contributed by atoms with Crippen LogP contribution in [0.2, 0.25) is 0 Å². The summed E-state index contributed by atoms with van der Waals surface area (Å²) in [6.07, 6.45) is 3.37.